The third kappa shape index (κ3) is 3.55. The number of benzene rings is 4. The van der Waals surface area contributed by atoms with Crippen LogP contribution in [0.2, 0.25) is 0 Å². The van der Waals surface area contributed by atoms with Crippen molar-refractivity contribution in [3.63, 3.8) is 0 Å². The fourth-order valence-electron chi connectivity index (χ4n) is 4.50. The Bertz CT molecular complexity index is 1430. The lowest BCUT2D eigenvalue weighted by Crippen LogP contribution is -1.84. The lowest BCUT2D eigenvalue weighted by molar-refractivity contribution is 1.33. The maximum absolute atomic E-state index is 4.36. The molecule has 2 heterocycles. The first kappa shape index (κ1) is 19.7. The van der Waals surface area contributed by atoms with Gasteiger partial charge in [-0.2, -0.15) is 0 Å². The Balaban J connectivity index is 1.61. The summed E-state index contributed by atoms with van der Waals surface area (Å²) in [5.74, 6) is 0. The van der Waals surface area contributed by atoms with Crippen LogP contribution in [0.5, 0.6) is 0 Å². The lowest BCUT2D eigenvalue weighted by Gasteiger charge is -2.09. The highest BCUT2D eigenvalue weighted by atomic mass is 32.1. The molecule has 0 bridgehead atoms. The van der Waals surface area contributed by atoms with E-state index >= 15 is 0 Å². The second kappa shape index (κ2) is 8.50. The van der Waals surface area contributed by atoms with E-state index in [4.69, 9.17) is 0 Å². The third-order valence-electron chi connectivity index (χ3n) is 6.02. The Morgan fingerprint density at radius 2 is 0.909 bits per heavy atom. The first-order valence-corrected chi connectivity index (χ1v) is 11.9. The predicted octanol–water partition coefficient (Wildman–Crippen LogP) is 8.96. The summed E-state index contributed by atoms with van der Waals surface area (Å²) in [5.41, 5.74) is 7.36. The first-order valence-electron chi connectivity index (χ1n) is 11.1. The van der Waals surface area contributed by atoms with Crippen molar-refractivity contribution in [3.05, 3.63) is 128 Å². The Kier molecular flexibility index (Phi) is 5.06. The van der Waals surface area contributed by atoms with E-state index in [2.05, 4.69) is 114 Å². The van der Waals surface area contributed by atoms with Crippen LogP contribution in [0.3, 0.4) is 0 Å². The molecule has 0 fully saturated rings. The van der Waals surface area contributed by atoms with Gasteiger partial charge in [-0.05, 0) is 22.8 Å². The zero-order valence-corrected chi connectivity index (χ0v) is 18.8. The minimum Gasteiger partial charge on any atom is -0.264 e. The molecule has 6 rings (SSSR count). The van der Waals surface area contributed by atoms with Gasteiger partial charge in [0.2, 0.25) is 0 Å². The highest BCUT2D eigenvalue weighted by molar-refractivity contribution is 7.21. The summed E-state index contributed by atoms with van der Waals surface area (Å²) in [6, 6.07) is 40.9. The molecule has 0 spiro atoms. The summed E-state index contributed by atoms with van der Waals surface area (Å²) in [7, 11) is 0. The van der Waals surface area contributed by atoms with Gasteiger partial charge in [0, 0.05) is 49.6 Å². The van der Waals surface area contributed by atoms with Crippen LogP contribution >= 0.6 is 11.3 Å². The zero-order chi connectivity index (χ0) is 22.0. The third-order valence-corrected chi connectivity index (χ3v) is 7.31. The number of nitrogens with zero attached hydrogens (tertiary/aromatic N) is 1. The van der Waals surface area contributed by atoms with Crippen LogP contribution in [-0.4, -0.2) is 4.98 Å². The van der Waals surface area contributed by atoms with E-state index in [1.807, 2.05) is 29.8 Å². The topological polar surface area (TPSA) is 12.9 Å². The number of hydrogen-bond donors (Lipinski definition) is 0. The summed E-state index contributed by atoms with van der Waals surface area (Å²) < 4.78 is 0. The van der Waals surface area contributed by atoms with Crippen molar-refractivity contribution >= 4 is 22.1 Å². The van der Waals surface area contributed by atoms with Gasteiger partial charge in [0.1, 0.15) is 0 Å². The minimum absolute atomic E-state index is 1.14. The first-order chi connectivity index (χ1) is 16.4. The van der Waals surface area contributed by atoms with Gasteiger partial charge < -0.3 is 0 Å². The molecule has 0 saturated heterocycles. The van der Waals surface area contributed by atoms with Gasteiger partial charge in [-0.1, -0.05) is 109 Å². The van der Waals surface area contributed by atoms with Gasteiger partial charge in [-0.25, -0.2) is 0 Å². The molecule has 2 heteroatoms. The summed E-state index contributed by atoms with van der Waals surface area (Å²) in [6.07, 6.45) is 3.77. The monoisotopic (exact) mass is 439 g/mol. The number of hydrogen-bond acceptors (Lipinski definition) is 2. The Labute approximate surface area is 197 Å². The molecule has 2 aromatic heterocycles. The van der Waals surface area contributed by atoms with Crippen LogP contribution in [0.1, 0.15) is 0 Å². The molecule has 0 aliphatic rings. The highest BCUT2D eigenvalue weighted by Gasteiger charge is 2.18. The van der Waals surface area contributed by atoms with Crippen molar-refractivity contribution in [3.8, 4) is 43.1 Å². The largest absolute Gasteiger partial charge is 0.264 e. The van der Waals surface area contributed by atoms with Crippen molar-refractivity contribution in [1.29, 1.82) is 0 Å². The van der Waals surface area contributed by atoms with E-state index in [0.717, 1.165) is 5.56 Å². The number of thiophene rings is 1. The second-order valence-corrected chi connectivity index (χ2v) is 9.03. The maximum Gasteiger partial charge on any atom is 0.0434 e. The molecule has 1 nitrogen and oxygen atoms in total. The quantitative estimate of drug-likeness (QED) is 0.267. The minimum atomic E-state index is 1.14. The number of rotatable bonds is 4. The van der Waals surface area contributed by atoms with Crippen LogP contribution in [0, 0.1) is 0 Å². The SMILES string of the molecule is c1ccc(-c2ccccc2-c2sc(-c3ccccc3-c3cccnc3)c3ccccc23)cc1. The molecule has 0 unspecified atom stereocenters. The Morgan fingerprint density at radius 3 is 1.48 bits per heavy atom. The number of pyridine rings is 1. The fraction of sp³-hybridized carbons (Fsp3) is 0. The highest BCUT2D eigenvalue weighted by Crippen LogP contribution is 2.48. The van der Waals surface area contributed by atoms with E-state index in [1.165, 1.54) is 48.3 Å². The van der Waals surface area contributed by atoms with E-state index in [0.29, 0.717) is 0 Å². The number of aromatic nitrogens is 1. The van der Waals surface area contributed by atoms with E-state index in [9.17, 15) is 0 Å². The van der Waals surface area contributed by atoms with Crippen molar-refractivity contribution < 1.29 is 0 Å². The maximum atomic E-state index is 4.36. The van der Waals surface area contributed by atoms with E-state index in [1.54, 1.807) is 0 Å². The van der Waals surface area contributed by atoms with Crippen molar-refractivity contribution in [2.45, 2.75) is 0 Å². The molecule has 6 aromatic rings. The molecule has 33 heavy (non-hydrogen) atoms. The van der Waals surface area contributed by atoms with Crippen LogP contribution in [-0.2, 0) is 0 Å². The van der Waals surface area contributed by atoms with Gasteiger partial charge in [-0.3, -0.25) is 4.98 Å². The van der Waals surface area contributed by atoms with Gasteiger partial charge in [0.25, 0.3) is 0 Å². The molecule has 0 amide bonds. The van der Waals surface area contributed by atoms with Crippen LogP contribution in [0.25, 0.3) is 53.9 Å². The summed E-state index contributed by atoms with van der Waals surface area (Å²) >= 11 is 1.88. The molecular formula is C31H21NS. The number of fused-ring (bicyclic) bond motifs is 1. The fourth-order valence-corrected chi connectivity index (χ4v) is 5.85. The molecule has 0 aliphatic carbocycles. The van der Waals surface area contributed by atoms with E-state index < -0.39 is 0 Å². The summed E-state index contributed by atoms with van der Waals surface area (Å²) in [4.78, 5) is 6.96. The molecule has 0 saturated carbocycles. The molecule has 0 radical (unpaired) electrons. The van der Waals surface area contributed by atoms with Crippen LogP contribution < -0.4 is 0 Å². The predicted molar refractivity (Wildman–Crippen MR) is 141 cm³/mol. The Morgan fingerprint density at radius 1 is 0.424 bits per heavy atom. The molecule has 4 aromatic carbocycles. The normalized spacial score (nSPS) is 11.0. The van der Waals surface area contributed by atoms with E-state index in [-0.39, 0.29) is 0 Å². The van der Waals surface area contributed by atoms with Crippen molar-refractivity contribution in [1.82, 2.24) is 4.98 Å². The van der Waals surface area contributed by atoms with Crippen molar-refractivity contribution in [2.75, 3.05) is 0 Å². The van der Waals surface area contributed by atoms with Crippen LogP contribution in [0.15, 0.2) is 128 Å². The molecular weight excluding hydrogens is 418 g/mol. The smallest absolute Gasteiger partial charge is 0.0434 e. The molecule has 156 valence electrons. The molecule has 0 N–H and O–H groups in total. The molecule has 0 aliphatic heterocycles. The van der Waals surface area contributed by atoms with Gasteiger partial charge in [-0.15, -0.1) is 11.3 Å². The summed E-state index contributed by atoms with van der Waals surface area (Å²) in [5, 5.41) is 2.58. The Hall–Kier alpha value is -4.01. The second-order valence-electron chi connectivity index (χ2n) is 8.00. The van der Waals surface area contributed by atoms with Crippen molar-refractivity contribution in [2.24, 2.45) is 0 Å². The van der Waals surface area contributed by atoms with Gasteiger partial charge in [0.15, 0.2) is 0 Å². The van der Waals surface area contributed by atoms with Gasteiger partial charge >= 0.3 is 0 Å². The standard InChI is InChI=1S/C31H21NS/c1-2-11-22(12-3-1)24-14-4-6-16-26(24)30-28-18-8-9-19-29(28)31(33-30)27-17-7-5-15-25(27)23-13-10-20-32-21-23/h1-21H. The lowest BCUT2D eigenvalue weighted by atomic mass is 9.95. The average Bonchev–Trinajstić information content (AvgIpc) is 3.29. The molecule has 0 atom stereocenters. The average molecular weight is 440 g/mol. The van der Waals surface area contributed by atoms with Crippen LogP contribution in [0.4, 0.5) is 0 Å². The zero-order valence-electron chi connectivity index (χ0n) is 18.0. The van der Waals surface area contributed by atoms with Gasteiger partial charge in [0.05, 0.1) is 0 Å². The summed E-state index contributed by atoms with van der Waals surface area (Å²) in [6.45, 7) is 0.